The van der Waals surface area contributed by atoms with E-state index in [9.17, 15) is 0 Å². The maximum Gasteiger partial charge on any atom is 2.00 e. The molecule has 0 aliphatic heterocycles. The van der Waals surface area contributed by atoms with Gasteiger partial charge in [-0.2, -0.15) is 0 Å². The van der Waals surface area contributed by atoms with Crippen molar-refractivity contribution in [2.75, 3.05) is 0 Å². The smallest absolute Gasteiger partial charge is 1.00 e. The average molecular weight is 150 g/mol. The second kappa shape index (κ2) is 27.5. The van der Waals surface area contributed by atoms with Crippen LogP contribution in [-0.2, 0) is 0 Å². The average Bonchev–Trinajstić information content (AvgIpc) is 0.918. The van der Waals surface area contributed by atoms with Gasteiger partial charge in [0, 0.05) is 0 Å². The first-order valence-electron chi connectivity index (χ1n) is 0.383. The summed E-state index contributed by atoms with van der Waals surface area (Å²) in [6.45, 7) is 0. The van der Waals surface area contributed by atoms with E-state index >= 15 is 0 Å². The summed E-state index contributed by atoms with van der Waals surface area (Å²) in [5.41, 5.74) is 0. The van der Waals surface area contributed by atoms with Gasteiger partial charge < -0.3 is 9.49 Å². The monoisotopic (exact) mass is 149 g/mol. The number of rotatable bonds is 0. The largest absolute Gasteiger partial charge is 2.00 e. The molecule has 32 valence electrons. The van der Waals surface area contributed by atoms with Gasteiger partial charge in [-0.15, -0.1) is 17.3 Å². The molecule has 0 saturated heterocycles. The van der Waals surface area contributed by atoms with E-state index in [1.54, 1.807) is 0 Å². The van der Waals surface area contributed by atoms with Crippen LogP contribution in [0.4, 0.5) is 0 Å². The van der Waals surface area contributed by atoms with E-state index < -0.39 is 0 Å². The van der Waals surface area contributed by atoms with Gasteiger partial charge in [-0.1, -0.05) is 0 Å². The van der Waals surface area contributed by atoms with Crippen LogP contribution >= 0.6 is 12.4 Å². The summed E-state index contributed by atoms with van der Waals surface area (Å²) in [7, 11) is 0. The van der Waals surface area contributed by atoms with Crippen LogP contribution in [-0.4, -0.2) is 28.3 Å². The minimum absolute atomic E-state index is 0. The van der Waals surface area contributed by atoms with Gasteiger partial charge in [0.15, 0.2) is 5.34 Å². The van der Waals surface area contributed by atoms with Crippen LogP contribution in [0, 0.1) is 4.91 Å². The van der Waals surface area contributed by atoms with E-state index in [0.29, 0.717) is 0 Å². The van der Waals surface area contributed by atoms with Gasteiger partial charge in [-0.25, -0.2) is 0 Å². The third-order valence-corrected chi connectivity index (χ3v) is 0. The molecule has 0 aromatic carbocycles. The molecule has 0 atom stereocenters. The van der Waals surface area contributed by atoms with Gasteiger partial charge in [0.1, 0.15) is 0 Å². The summed E-state index contributed by atoms with van der Waals surface area (Å²) in [6, 6.07) is 0. The Morgan fingerprint density at radius 2 is 1.67 bits per heavy atom. The topological polar surface area (TPSA) is 49.7 Å². The van der Waals surface area contributed by atoms with Gasteiger partial charge in [-0.3, -0.25) is 0 Å². The maximum atomic E-state index is 8.11. The Labute approximate surface area is 105 Å². The molecule has 0 bridgehead atoms. The van der Waals surface area contributed by atoms with Crippen molar-refractivity contribution in [2.45, 2.75) is 0 Å². The third kappa shape index (κ3) is 36.1. The minimum atomic E-state index is 0. The summed E-state index contributed by atoms with van der Waals surface area (Å²) in [5.74, 6) is 0. The zero-order valence-electron chi connectivity index (χ0n) is 6.42. The van der Waals surface area contributed by atoms with Crippen molar-refractivity contribution in [2.24, 2.45) is 5.34 Å². The van der Waals surface area contributed by atoms with E-state index in [0.717, 1.165) is 0 Å². The molecule has 0 aromatic heterocycles. The molecule has 0 heterocycles. The van der Waals surface area contributed by atoms with Crippen molar-refractivity contribution in [3.63, 3.8) is 0 Å². The predicted octanol–water partition coefficient (Wildman–Crippen LogP) is -2.48. The van der Waals surface area contributed by atoms with Crippen LogP contribution in [0.15, 0.2) is 5.34 Å². The zero-order valence-corrected chi connectivity index (χ0v) is 8.77. The van der Waals surface area contributed by atoms with Crippen LogP contribution in [0.1, 0.15) is 4.28 Å². The second-order valence-electron chi connectivity index (χ2n) is 0.0816. The number of hydrogen-bond acceptors (Lipinski definition) is 2. The fourth-order valence-corrected chi connectivity index (χ4v) is 0. The fraction of sp³-hybridized carbons (Fsp3) is 0. The zero-order chi connectivity index (χ0) is 2.71. The third-order valence-electron chi connectivity index (χ3n) is 0. The molecule has 0 radical (unpaired) electrons. The number of halogens is 1. The second-order valence-corrected chi connectivity index (χ2v) is 0.0816. The van der Waals surface area contributed by atoms with Crippen molar-refractivity contribution < 1.29 is 60.9 Å². The molecule has 0 aliphatic rings. The summed E-state index contributed by atoms with van der Waals surface area (Å²) < 4.78 is 0. The van der Waals surface area contributed by atoms with Crippen molar-refractivity contribution in [1.82, 2.24) is 0 Å². The number of nitrogens with zero attached hydrogens (tertiary/aromatic N) is 1. The van der Waals surface area contributed by atoms with E-state index in [4.69, 9.17) is 10.1 Å². The molecule has 0 unspecified atom stereocenters. The Bertz CT molecular complexity index is 29.3. The predicted molar refractivity (Wildman–Crippen MR) is 23.9 cm³/mol. The van der Waals surface area contributed by atoms with Gasteiger partial charge in [0.25, 0.3) is 0 Å². The molecular formula is H5ClKMgNO2. The van der Waals surface area contributed by atoms with Crippen LogP contribution in [0.3, 0.4) is 0 Å². The Kier molecular flexibility index (Phi) is 112. The Balaban J connectivity index is -0.00000000133. The molecule has 0 aromatic rings. The molecule has 6 heavy (non-hydrogen) atoms. The molecule has 1 N–H and O–H groups in total. The molecule has 0 spiro atoms. The van der Waals surface area contributed by atoms with E-state index in [-0.39, 0.29) is 91.1 Å². The molecular weight excluding hydrogens is 145 g/mol. The normalized spacial score (nSPS) is 2.00. The molecule has 0 amide bonds. The Morgan fingerprint density at radius 1 is 1.67 bits per heavy atom. The quantitative estimate of drug-likeness (QED) is 0.236. The first-order valence-corrected chi connectivity index (χ1v) is 0.383. The summed E-state index contributed by atoms with van der Waals surface area (Å²) in [4.78, 5) is 8.11. The van der Waals surface area contributed by atoms with Crippen molar-refractivity contribution in [1.29, 1.82) is 0 Å². The molecule has 6 heteroatoms. The Morgan fingerprint density at radius 3 is 1.67 bits per heavy atom. The van der Waals surface area contributed by atoms with E-state index in [2.05, 4.69) is 0 Å². The molecule has 0 aliphatic carbocycles. The van der Waals surface area contributed by atoms with Gasteiger partial charge in [0.2, 0.25) is 0 Å². The van der Waals surface area contributed by atoms with Crippen molar-refractivity contribution >= 4 is 35.5 Å². The first kappa shape index (κ1) is 24.3. The molecule has 0 rings (SSSR count). The van der Waals surface area contributed by atoms with Gasteiger partial charge in [0.05, 0.1) is 0 Å². The van der Waals surface area contributed by atoms with Crippen LogP contribution in [0.5, 0.6) is 0 Å². The Hall–Kier alpha value is 2.09. The van der Waals surface area contributed by atoms with E-state index in [1.165, 1.54) is 5.34 Å². The summed E-state index contributed by atoms with van der Waals surface area (Å²) in [6.07, 6.45) is 0. The van der Waals surface area contributed by atoms with Crippen LogP contribution < -0.4 is 51.4 Å². The van der Waals surface area contributed by atoms with Crippen molar-refractivity contribution in [3.8, 4) is 0 Å². The summed E-state index contributed by atoms with van der Waals surface area (Å²) in [5, 5.41) is 7.89. The minimum Gasteiger partial charge on any atom is -1.00 e. The standard InChI is InChI=1S/ClH.K.Mg.HNO2.3H/c;;;2-1-3;;;/h1H;;;(H,2,3);;;/q;+1;+2;;3*-1. The molecule has 3 nitrogen and oxygen atoms in total. The van der Waals surface area contributed by atoms with Gasteiger partial charge in [-0.05, 0) is 0 Å². The summed E-state index contributed by atoms with van der Waals surface area (Å²) >= 11 is 0. The number of hydrogen-bond donors (Lipinski definition) is 1. The van der Waals surface area contributed by atoms with Crippen molar-refractivity contribution in [3.05, 3.63) is 4.91 Å². The van der Waals surface area contributed by atoms with Crippen LogP contribution in [0.25, 0.3) is 0 Å². The maximum absolute atomic E-state index is 8.11. The first-order chi connectivity index (χ1) is 1.41. The molecule has 0 fully saturated rings. The fourth-order valence-electron chi connectivity index (χ4n) is 0. The van der Waals surface area contributed by atoms with Gasteiger partial charge >= 0.3 is 74.4 Å². The molecule has 0 saturated carbocycles. The van der Waals surface area contributed by atoms with Crippen LogP contribution in [0.2, 0.25) is 0 Å². The van der Waals surface area contributed by atoms with E-state index in [1.807, 2.05) is 0 Å². The SMILES string of the molecule is Cl.O=NO.[H-].[H-].[H-].[K+].[Mg+2].